The van der Waals surface area contributed by atoms with Crippen LogP contribution in [0.25, 0.3) is 0 Å². The fraction of sp³-hybridized carbons (Fsp3) is 0.600. The van der Waals surface area contributed by atoms with Crippen molar-refractivity contribution >= 4 is 29.1 Å². The molecule has 2 heterocycles. The standard InChI is InChI=1S/C10H13Cl2N3O/c1-6-7-3-4-15(10(16)9(11)12)5-8(7)14(2)13-6/h9H,3-5H2,1-2H3. The summed E-state index contributed by atoms with van der Waals surface area (Å²) in [5, 5.41) is 4.34. The number of nitrogens with zero attached hydrogens (tertiary/aromatic N) is 3. The Bertz CT molecular complexity index is 428. The van der Waals surface area contributed by atoms with Gasteiger partial charge in [-0.05, 0) is 18.9 Å². The molecule has 88 valence electrons. The molecule has 0 bridgehead atoms. The molecule has 1 aliphatic rings. The Morgan fingerprint density at radius 3 is 2.81 bits per heavy atom. The van der Waals surface area contributed by atoms with E-state index in [0.717, 1.165) is 17.8 Å². The summed E-state index contributed by atoms with van der Waals surface area (Å²) in [6, 6.07) is 0. The SMILES string of the molecule is Cc1nn(C)c2c1CCN(C(=O)C(Cl)Cl)C2. The minimum Gasteiger partial charge on any atom is -0.334 e. The summed E-state index contributed by atoms with van der Waals surface area (Å²) in [7, 11) is 1.89. The van der Waals surface area contributed by atoms with Crippen molar-refractivity contribution in [2.45, 2.75) is 24.7 Å². The van der Waals surface area contributed by atoms with Crippen molar-refractivity contribution in [1.82, 2.24) is 14.7 Å². The van der Waals surface area contributed by atoms with Crippen LogP contribution < -0.4 is 0 Å². The smallest absolute Gasteiger partial charge is 0.256 e. The minimum atomic E-state index is -0.976. The lowest BCUT2D eigenvalue weighted by atomic mass is 10.1. The topological polar surface area (TPSA) is 38.1 Å². The molecule has 2 rings (SSSR count). The first kappa shape index (κ1) is 11.7. The fourth-order valence-corrected chi connectivity index (χ4v) is 2.38. The van der Waals surface area contributed by atoms with Crippen molar-refractivity contribution in [2.75, 3.05) is 6.54 Å². The number of hydrogen-bond acceptors (Lipinski definition) is 2. The van der Waals surface area contributed by atoms with Crippen LogP contribution in [0.3, 0.4) is 0 Å². The predicted octanol–water partition coefficient (Wildman–Crippen LogP) is 1.42. The van der Waals surface area contributed by atoms with Crippen LogP contribution in [0.15, 0.2) is 0 Å². The Hall–Kier alpha value is -0.740. The van der Waals surface area contributed by atoms with E-state index in [2.05, 4.69) is 5.10 Å². The number of halogens is 2. The maximum Gasteiger partial charge on any atom is 0.256 e. The summed E-state index contributed by atoms with van der Waals surface area (Å²) >= 11 is 11.2. The molecule has 0 saturated carbocycles. The monoisotopic (exact) mass is 261 g/mol. The number of aryl methyl sites for hydroxylation is 2. The first-order valence-corrected chi connectivity index (χ1v) is 5.96. The van der Waals surface area contributed by atoms with Crippen LogP contribution in [0.5, 0.6) is 0 Å². The van der Waals surface area contributed by atoms with Crippen LogP contribution in [0.1, 0.15) is 17.0 Å². The molecule has 0 fully saturated rings. The first-order chi connectivity index (χ1) is 7.50. The first-order valence-electron chi connectivity index (χ1n) is 5.09. The largest absolute Gasteiger partial charge is 0.334 e. The summed E-state index contributed by atoms with van der Waals surface area (Å²) < 4.78 is 1.82. The molecule has 0 N–H and O–H groups in total. The molecule has 1 amide bonds. The average molecular weight is 262 g/mol. The molecule has 0 atom stereocenters. The number of hydrogen-bond donors (Lipinski definition) is 0. The molecular formula is C10H13Cl2N3O. The zero-order valence-electron chi connectivity index (χ0n) is 9.20. The number of amides is 1. The van der Waals surface area contributed by atoms with Crippen molar-refractivity contribution in [2.24, 2.45) is 7.05 Å². The van der Waals surface area contributed by atoms with Gasteiger partial charge in [0.15, 0.2) is 4.84 Å². The molecule has 1 aromatic rings. The summed E-state index contributed by atoms with van der Waals surface area (Å²) in [5.74, 6) is -0.229. The molecule has 0 unspecified atom stereocenters. The van der Waals surface area contributed by atoms with Gasteiger partial charge < -0.3 is 4.90 Å². The minimum absolute atomic E-state index is 0.229. The van der Waals surface area contributed by atoms with Crippen LogP contribution in [0.4, 0.5) is 0 Å². The Kier molecular flexibility index (Phi) is 3.13. The number of carbonyl (C=O) groups excluding carboxylic acids is 1. The third kappa shape index (κ3) is 1.92. The molecule has 0 aliphatic carbocycles. The maximum absolute atomic E-state index is 11.7. The van der Waals surface area contributed by atoms with E-state index in [9.17, 15) is 4.79 Å². The highest BCUT2D eigenvalue weighted by Crippen LogP contribution is 2.22. The number of aromatic nitrogens is 2. The molecule has 0 saturated heterocycles. The Morgan fingerprint density at radius 1 is 1.50 bits per heavy atom. The quantitative estimate of drug-likeness (QED) is 0.718. The predicted molar refractivity (Wildman–Crippen MR) is 62.6 cm³/mol. The van der Waals surface area contributed by atoms with Gasteiger partial charge in [0, 0.05) is 13.6 Å². The second-order valence-electron chi connectivity index (χ2n) is 3.94. The number of rotatable bonds is 1. The Morgan fingerprint density at radius 2 is 2.19 bits per heavy atom. The summed E-state index contributed by atoms with van der Waals surface area (Å²) in [6.07, 6.45) is 0.821. The number of fused-ring (bicyclic) bond motifs is 1. The van der Waals surface area contributed by atoms with Crippen LogP contribution in [-0.4, -0.2) is 32.0 Å². The van der Waals surface area contributed by atoms with Gasteiger partial charge in [0.1, 0.15) is 0 Å². The van der Waals surface area contributed by atoms with Gasteiger partial charge in [-0.15, -0.1) is 0 Å². The van der Waals surface area contributed by atoms with Gasteiger partial charge in [-0.25, -0.2) is 0 Å². The molecule has 16 heavy (non-hydrogen) atoms. The third-order valence-corrected chi connectivity index (χ3v) is 3.32. The zero-order valence-corrected chi connectivity index (χ0v) is 10.7. The van der Waals surface area contributed by atoms with Crippen LogP contribution in [0, 0.1) is 6.92 Å². The van der Waals surface area contributed by atoms with E-state index in [-0.39, 0.29) is 5.91 Å². The molecule has 1 aromatic heterocycles. The molecule has 6 heteroatoms. The highest BCUT2D eigenvalue weighted by atomic mass is 35.5. The van der Waals surface area contributed by atoms with E-state index in [1.54, 1.807) is 4.90 Å². The molecule has 0 aromatic carbocycles. The van der Waals surface area contributed by atoms with E-state index in [1.165, 1.54) is 5.56 Å². The molecule has 0 radical (unpaired) electrons. The van der Waals surface area contributed by atoms with Gasteiger partial charge in [0.05, 0.1) is 17.9 Å². The van der Waals surface area contributed by atoms with Crippen molar-refractivity contribution in [1.29, 1.82) is 0 Å². The lowest BCUT2D eigenvalue weighted by Crippen LogP contribution is -2.39. The maximum atomic E-state index is 11.7. The molecule has 4 nitrogen and oxygen atoms in total. The number of alkyl halides is 2. The van der Waals surface area contributed by atoms with E-state index in [1.807, 2.05) is 18.7 Å². The second kappa shape index (κ2) is 4.26. The summed E-state index contributed by atoms with van der Waals surface area (Å²) in [4.78, 5) is 12.4. The van der Waals surface area contributed by atoms with E-state index in [0.29, 0.717) is 13.1 Å². The second-order valence-corrected chi connectivity index (χ2v) is 5.04. The van der Waals surface area contributed by atoms with Crippen molar-refractivity contribution in [3.8, 4) is 0 Å². The van der Waals surface area contributed by atoms with Crippen molar-refractivity contribution in [3.63, 3.8) is 0 Å². The van der Waals surface area contributed by atoms with Gasteiger partial charge in [0.25, 0.3) is 5.91 Å². The Balaban J connectivity index is 2.24. The highest BCUT2D eigenvalue weighted by Gasteiger charge is 2.27. The number of carbonyl (C=O) groups is 1. The van der Waals surface area contributed by atoms with Gasteiger partial charge >= 0.3 is 0 Å². The van der Waals surface area contributed by atoms with Gasteiger partial charge in [-0.3, -0.25) is 9.48 Å². The van der Waals surface area contributed by atoms with E-state index in [4.69, 9.17) is 23.2 Å². The zero-order chi connectivity index (χ0) is 11.9. The lowest BCUT2D eigenvalue weighted by molar-refractivity contribution is -0.130. The van der Waals surface area contributed by atoms with E-state index >= 15 is 0 Å². The summed E-state index contributed by atoms with van der Waals surface area (Å²) in [5.41, 5.74) is 3.36. The lowest BCUT2D eigenvalue weighted by Gasteiger charge is -2.27. The third-order valence-electron chi connectivity index (χ3n) is 2.95. The average Bonchev–Trinajstić information content (AvgIpc) is 2.53. The van der Waals surface area contributed by atoms with Crippen molar-refractivity contribution in [3.05, 3.63) is 17.0 Å². The van der Waals surface area contributed by atoms with Crippen LogP contribution >= 0.6 is 23.2 Å². The molecule has 0 spiro atoms. The summed E-state index contributed by atoms with van der Waals surface area (Å²) in [6.45, 7) is 3.19. The highest BCUT2D eigenvalue weighted by molar-refractivity contribution is 6.53. The van der Waals surface area contributed by atoms with Gasteiger partial charge in [0.2, 0.25) is 0 Å². The van der Waals surface area contributed by atoms with E-state index < -0.39 is 4.84 Å². The van der Waals surface area contributed by atoms with Crippen LogP contribution in [0.2, 0.25) is 0 Å². The van der Waals surface area contributed by atoms with Gasteiger partial charge in [-0.2, -0.15) is 5.10 Å². The molecule has 1 aliphatic heterocycles. The molecular weight excluding hydrogens is 249 g/mol. The van der Waals surface area contributed by atoms with Crippen LogP contribution in [-0.2, 0) is 24.8 Å². The van der Waals surface area contributed by atoms with Crippen molar-refractivity contribution < 1.29 is 4.79 Å². The normalized spacial score (nSPS) is 15.4. The van der Waals surface area contributed by atoms with Gasteiger partial charge in [-0.1, -0.05) is 23.2 Å². The Labute approximate surface area is 104 Å². The fourth-order valence-electron chi connectivity index (χ4n) is 2.11.